The number of nitrogen functional groups attached to an aromatic ring is 2. The number of nitrogens with zero attached hydrogens (tertiary/aromatic N) is 2. The molecule has 0 saturated carbocycles. The summed E-state index contributed by atoms with van der Waals surface area (Å²) in [6.45, 7) is 0. The van der Waals surface area contributed by atoms with Gasteiger partial charge in [0, 0.05) is 16.6 Å². The lowest BCUT2D eigenvalue weighted by molar-refractivity contribution is -0.113. The van der Waals surface area contributed by atoms with Crippen molar-refractivity contribution in [3.8, 4) is 0 Å². The van der Waals surface area contributed by atoms with E-state index in [1.165, 1.54) is 17.8 Å². The predicted molar refractivity (Wildman–Crippen MR) is 88.4 cm³/mol. The number of amides is 1. The molecule has 1 aromatic heterocycles. The maximum Gasteiger partial charge on any atom is 0.234 e. The van der Waals surface area contributed by atoms with E-state index in [9.17, 15) is 4.79 Å². The third-order valence-electron chi connectivity index (χ3n) is 2.43. The molecule has 0 aliphatic heterocycles. The van der Waals surface area contributed by atoms with Crippen molar-refractivity contribution < 1.29 is 4.79 Å². The Morgan fingerprint density at radius 1 is 1.24 bits per heavy atom. The minimum absolute atomic E-state index is 0.136. The van der Waals surface area contributed by atoms with Crippen LogP contribution in [0.3, 0.4) is 0 Å². The Labute approximate surface area is 131 Å². The molecule has 6 nitrogen and oxygen atoms in total. The summed E-state index contributed by atoms with van der Waals surface area (Å²) in [5.41, 5.74) is 11.9. The molecule has 8 heteroatoms. The first-order chi connectivity index (χ1) is 10.1. The summed E-state index contributed by atoms with van der Waals surface area (Å²) in [4.78, 5) is 21.0. The van der Waals surface area contributed by atoms with E-state index < -0.39 is 0 Å². The largest absolute Gasteiger partial charge is 0.383 e. The molecule has 0 fully saturated rings. The fourth-order valence-electron chi connectivity index (χ4n) is 1.55. The average Bonchev–Trinajstić information content (AvgIpc) is 2.44. The average molecular weight is 321 g/mol. The van der Waals surface area contributed by atoms with Crippen LogP contribution in [0.15, 0.2) is 40.4 Å². The number of anilines is 3. The summed E-state index contributed by atoms with van der Waals surface area (Å²) in [5, 5.41) is 3.21. The van der Waals surface area contributed by atoms with Crippen molar-refractivity contribution >= 4 is 46.8 Å². The third kappa shape index (κ3) is 4.83. The Kier molecular flexibility index (Phi) is 5.29. The zero-order chi connectivity index (χ0) is 15.2. The number of carbonyl (C=O) groups excluding carboxylic acids is 1. The highest BCUT2D eigenvalue weighted by Gasteiger charge is 2.07. The second-order valence-corrected chi connectivity index (χ2v) is 5.89. The van der Waals surface area contributed by atoms with Gasteiger partial charge in [-0.15, -0.1) is 11.8 Å². The summed E-state index contributed by atoms with van der Waals surface area (Å²) in [5.74, 6) is 0.630. The normalized spacial score (nSPS) is 10.3. The Bertz CT molecular complexity index is 630. The molecule has 1 amide bonds. The van der Waals surface area contributed by atoms with E-state index in [2.05, 4.69) is 15.3 Å². The monoisotopic (exact) mass is 321 g/mol. The van der Waals surface area contributed by atoms with Crippen molar-refractivity contribution in [2.45, 2.75) is 10.1 Å². The van der Waals surface area contributed by atoms with Crippen molar-refractivity contribution in [3.05, 3.63) is 30.3 Å². The molecule has 0 unspecified atom stereocenters. The van der Waals surface area contributed by atoms with Gasteiger partial charge in [-0.2, -0.15) is 0 Å². The Balaban J connectivity index is 1.92. The van der Waals surface area contributed by atoms with Gasteiger partial charge in [-0.3, -0.25) is 4.79 Å². The highest BCUT2D eigenvalue weighted by atomic mass is 32.2. The van der Waals surface area contributed by atoms with Gasteiger partial charge < -0.3 is 16.8 Å². The van der Waals surface area contributed by atoms with Crippen LogP contribution in [-0.2, 0) is 4.79 Å². The highest BCUT2D eigenvalue weighted by molar-refractivity contribution is 7.99. The summed E-state index contributed by atoms with van der Waals surface area (Å²) >= 11 is 2.81. The Hall–Kier alpha value is -1.93. The quantitative estimate of drug-likeness (QED) is 0.572. The standard InChI is InChI=1S/C13H15N5OS2/c1-20-9-4-2-3-8(5-9)16-12(19)7-21-13-17-10(14)6-11(15)18-13/h2-6H,7H2,1H3,(H,16,19)(H4,14,15,17,18). The van der Waals surface area contributed by atoms with Crippen LogP contribution in [0.25, 0.3) is 0 Å². The molecular weight excluding hydrogens is 306 g/mol. The molecule has 110 valence electrons. The van der Waals surface area contributed by atoms with Gasteiger partial charge in [0.05, 0.1) is 5.75 Å². The number of nitrogens with one attached hydrogen (secondary N) is 1. The second kappa shape index (κ2) is 7.19. The SMILES string of the molecule is CSc1cccc(NC(=O)CSc2nc(N)cc(N)n2)c1. The molecule has 0 radical (unpaired) electrons. The molecule has 2 aromatic rings. The second-order valence-electron chi connectivity index (χ2n) is 4.07. The molecule has 1 aromatic carbocycles. The lowest BCUT2D eigenvalue weighted by Crippen LogP contribution is -2.14. The van der Waals surface area contributed by atoms with Gasteiger partial charge in [0.2, 0.25) is 5.91 Å². The van der Waals surface area contributed by atoms with Crippen LogP contribution in [0.1, 0.15) is 0 Å². The lowest BCUT2D eigenvalue weighted by atomic mass is 10.3. The van der Waals surface area contributed by atoms with Crippen molar-refractivity contribution in [1.82, 2.24) is 9.97 Å². The first-order valence-electron chi connectivity index (χ1n) is 6.03. The van der Waals surface area contributed by atoms with Crippen molar-refractivity contribution in [3.63, 3.8) is 0 Å². The molecule has 0 atom stereocenters. The fraction of sp³-hybridized carbons (Fsp3) is 0.154. The number of rotatable bonds is 5. The van der Waals surface area contributed by atoms with Crippen LogP contribution in [0.2, 0.25) is 0 Å². The number of thioether (sulfide) groups is 2. The minimum atomic E-state index is -0.136. The first kappa shape index (κ1) is 15.5. The van der Waals surface area contributed by atoms with E-state index in [0.29, 0.717) is 5.16 Å². The van der Waals surface area contributed by atoms with Gasteiger partial charge in [0.25, 0.3) is 0 Å². The zero-order valence-electron chi connectivity index (χ0n) is 11.4. The van der Waals surface area contributed by atoms with Gasteiger partial charge in [0.1, 0.15) is 11.6 Å². The maximum absolute atomic E-state index is 11.9. The molecule has 0 bridgehead atoms. The molecule has 0 aliphatic rings. The van der Waals surface area contributed by atoms with Crippen LogP contribution < -0.4 is 16.8 Å². The molecule has 21 heavy (non-hydrogen) atoms. The maximum atomic E-state index is 11.9. The van der Waals surface area contributed by atoms with Crippen molar-refractivity contribution in [1.29, 1.82) is 0 Å². The van der Waals surface area contributed by atoms with E-state index >= 15 is 0 Å². The van der Waals surface area contributed by atoms with E-state index in [0.717, 1.165) is 10.6 Å². The smallest absolute Gasteiger partial charge is 0.234 e. The van der Waals surface area contributed by atoms with Gasteiger partial charge >= 0.3 is 0 Å². The molecule has 0 spiro atoms. The molecule has 5 N–H and O–H groups in total. The molecule has 0 saturated heterocycles. The van der Waals surface area contributed by atoms with E-state index in [1.807, 2.05) is 30.5 Å². The van der Waals surface area contributed by atoms with Crippen molar-refractivity contribution in [2.75, 3.05) is 28.8 Å². The van der Waals surface area contributed by atoms with Gasteiger partial charge in [-0.25, -0.2) is 9.97 Å². The predicted octanol–water partition coefficient (Wildman–Crippen LogP) is 2.09. The highest BCUT2D eigenvalue weighted by Crippen LogP contribution is 2.20. The molecule has 2 rings (SSSR count). The van der Waals surface area contributed by atoms with Gasteiger partial charge in [-0.05, 0) is 24.5 Å². The lowest BCUT2D eigenvalue weighted by Gasteiger charge is -2.06. The van der Waals surface area contributed by atoms with E-state index in [1.54, 1.807) is 11.8 Å². The topological polar surface area (TPSA) is 107 Å². The fourth-order valence-corrected chi connectivity index (χ4v) is 2.69. The number of carbonyl (C=O) groups is 1. The minimum Gasteiger partial charge on any atom is -0.383 e. The van der Waals surface area contributed by atoms with E-state index in [-0.39, 0.29) is 23.3 Å². The summed E-state index contributed by atoms with van der Waals surface area (Å²) < 4.78 is 0. The Morgan fingerprint density at radius 3 is 2.62 bits per heavy atom. The number of aromatic nitrogens is 2. The third-order valence-corrected chi connectivity index (χ3v) is 4.00. The summed E-state index contributed by atoms with van der Waals surface area (Å²) in [7, 11) is 0. The molecule has 0 aliphatic carbocycles. The molecular formula is C13H15N5OS2. The summed E-state index contributed by atoms with van der Waals surface area (Å²) in [6.07, 6.45) is 1.98. The van der Waals surface area contributed by atoms with Crippen LogP contribution in [0.4, 0.5) is 17.3 Å². The number of hydrogen-bond donors (Lipinski definition) is 3. The number of hydrogen-bond acceptors (Lipinski definition) is 7. The van der Waals surface area contributed by atoms with E-state index in [4.69, 9.17) is 11.5 Å². The van der Waals surface area contributed by atoms with Crippen LogP contribution in [0.5, 0.6) is 0 Å². The van der Waals surface area contributed by atoms with Gasteiger partial charge in [0.15, 0.2) is 5.16 Å². The molecule has 1 heterocycles. The van der Waals surface area contributed by atoms with Crippen LogP contribution >= 0.6 is 23.5 Å². The number of nitrogens with two attached hydrogens (primary N) is 2. The Morgan fingerprint density at radius 2 is 1.95 bits per heavy atom. The van der Waals surface area contributed by atoms with Crippen molar-refractivity contribution in [2.24, 2.45) is 0 Å². The first-order valence-corrected chi connectivity index (χ1v) is 8.24. The van der Waals surface area contributed by atoms with Crippen LogP contribution in [-0.4, -0.2) is 27.9 Å². The summed E-state index contributed by atoms with van der Waals surface area (Å²) in [6, 6.07) is 9.12. The van der Waals surface area contributed by atoms with Crippen LogP contribution in [0, 0.1) is 0 Å². The number of benzene rings is 1. The van der Waals surface area contributed by atoms with Gasteiger partial charge in [-0.1, -0.05) is 17.8 Å². The zero-order valence-corrected chi connectivity index (χ0v) is 13.0.